The maximum Gasteiger partial charge on any atom is 0.132 e. The number of anilines is 3. The third kappa shape index (κ3) is 2.56. The van der Waals surface area contributed by atoms with E-state index < -0.39 is 0 Å². The van der Waals surface area contributed by atoms with Gasteiger partial charge in [-0.25, -0.2) is 4.98 Å². The second-order valence-electron chi connectivity index (χ2n) is 4.35. The first-order valence-electron chi connectivity index (χ1n) is 5.63. The Balaban J connectivity index is 2.36. The molecular formula is C14H17N3. The highest BCUT2D eigenvalue weighted by Crippen LogP contribution is 2.25. The minimum atomic E-state index is 0.525. The molecule has 0 saturated carbocycles. The van der Waals surface area contributed by atoms with Crippen molar-refractivity contribution >= 4 is 17.3 Å². The van der Waals surface area contributed by atoms with Gasteiger partial charge in [0, 0.05) is 5.69 Å². The van der Waals surface area contributed by atoms with Gasteiger partial charge in [0.15, 0.2) is 0 Å². The summed E-state index contributed by atoms with van der Waals surface area (Å²) in [6, 6.07) is 9.89. The molecule has 1 aromatic heterocycles. The SMILES string of the molecule is Cc1cc(C)c(Nc2cccc(N)n2)c(C)c1. The van der Waals surface area contributed by atoms with Gasteiger partial charge < -0.3 is 11.1 Å². The average Bonchev–Trinajstić information content (AvgIpc) is 2.23. The molecule has 88 valence electrons. The zero-order valence-electron chi connectivity index (χ0n) is 10.4. The smallest absolute Gasteiger partial charge is 0.132 e. The molecule has 3 heteroatoms. The van der Waals surface area contributed by atoms with E-state index in [9.17, 15) is 0 Å². The van der Waals surface area contributed by atoms with E-state index in [4.69, 9.17) is 5.73 Å². The lowest BCUT2D eigenvalue weighted by atomic mass is 10.1. The summed E-state index contributed by atoms with van der Waals surface area (Å²) in [5, 5.41) is 3.32. The lowest BCUT2D eigenvalue weighted by molar-refractivity contribution is 1.27. The Morgan fingerprint density at radius 3 is 2.29 bits per heavy atom. The number of nitrogen functional groups attached to an aromatic ring is 1. The number of hydrogen-bond acceptors (Lipinski definition) is 3. The molecule has 1 aromatic carbocycles. The summed E-state index contributed by atoms with van der Waals surface area (Å²) in [6.07, 6.45) is 0. The Hall–Kier alpha value is -2.03. The van der Waals surface area contributed by atoms with E-state index in [0.717, 1.165) is 11.5 Å². The molecule has 1 heterocycles. The Morgan fingerprint density at radius 2 is 1.71 bits per heavy atom. The van der Waals surface area contributed by atoms with E-state index in [0.29, 0.717) is 5.82 Å². The number of nitrogens with zero attached hydrogens (tertiary/aromatic N) is 1. The Kier molecular flexibility index (Phi) is 3.00. The first-order valence-corrected chi connectivity index (χ1v) is 5.63. The van der Waals surface area contributed by atoms with E-state index in [1.54, 1.807) is 6.07 Å². The first-order chi connectivity index (χ1) is 8.06. The molecule has 0 saturated heterocycles. The highest BCUT2D eigenvalue weighted by Gasteiger charge is 2.04. The Bertz CT molecular complexity index is 524. The van der Waals surface area contributed by atoms with Crippen LogP contribution < -0.4 is 11.1 Å². The van der Waals surface area contributed by atoms with Gasteiger partial charge in [-0.3, -0.25) is 0 Å². The number of aromatic nitrogens is 1. The van der Waals surface area contributed by atoms with Crippen molar-refractivity contribution in [1.82, 2.24) is 4.98 Å². The summed E-state index contributed by atoms with van der Waals surface area (Å²) in [6.45, 7) is 6.28. The van der Waals surface area contributed by atoms with Gasteiger partial charge >= 0.3 is 0 Å². The molecule has 0 aliphatic rings. The van der Waals surface area contributed by atoms with E-state index in [1.807, 2.05) is 12.1 Å². The van der Waals surface area contributed by atoms with E-state index in [1.165, 1.54) is 16.7 Å². The van der Waals surface area contributed by atoms with Crippen LogP contribution in [0.5, 0.6) is 0 Å². The molecule has 2 rings (SSSR count). The highest BCUT2D eigenvalue weighted by atomic mass is 15.0. The molecule has 0 radical (unpaired) electrons. The van der Waals surface area contributed by atoms with Crippen molar-refractivity contribution in [2.45, 2.75) is 20.8 Å². The third-order valence-corrected chi connectivity index (χ3v) is 2.70. The van der Waals surface area contributed by atoms with Crippen molar-refractivity contribution in [3.05, 3.63) is 47.0 Å². The largest absolute Gasteiger partial charge is 0.384 e. The van der Waals surface area contributed by atoms with Crippen molar-refractivity contribution in [1.29, 1.82) is 0 Å². The van der Waals surface area contributed by atoms with Gasteiger partial charge in [0.2, 0.25) is 0 Å². The van der Waals surface area contributed by atoms with Gasteiger partial charge in [0.25, 0.3) is 0 Å². The molecule has 3 N–H and O–H groups in total. The number of nitrogens with two attached hydrogens (primary N) is 1. The molecule has 0 fully saturated rings. The number of pyridine rings is 1. The normalized spacial score (nSPS) is 10.3. The minimum absolute atomic E-state index is 0.525. The summed E-state index contributed by atoms with van der Waals surface area (Å²) in [4.78, 5) is 4.24. The topological polar surface area (TPSA) is 50.9 Å². The molecule has 3 nitrogen and oxygen atoms in total. The van der Waals surface area contributed by atoms with Gasteiger partial charge in [-0.1, -0.05) is 23.8 Å². The summed E-state index contributed by atoms with van der Waals surface area (Å²) < 4.78 is 0. The monoisotopic (exact) mass is 227 g/mol. The van der Waals surface area contributed by atoms with Crippen molar-refractivity contribution in [3.8, 4) is 0 Å². The maximum absolute atomic E-state index is 5.66. The predicted molar refractivity (Wildman–Crippen MR) is 72.6 cm³/mol. The van der Waals surface area contributed by atoms with Crippen LogP contribution in [0.15, 0.2) is 30.3 Å². The van der Waals surface area contributed by atoms with E-state index >= 15 is 0 Å². The van der Waals surface area contributed by atoms with Gasteiger partial charge in [-0.15, -0.1) is 0 Å². The van der Waals surface area contributed by atoms with Crippen LogP contribution in [0.1, 0.15) is 16.7 Å². The number of nitrogens with one attached hydrogen (secondary N) is 1. The zero-order valence-corrected chi connectivity index (χ0v) is 10.4. The molecule has 0 spiro atoms. The summed E-state index contributed by atoms with van der Waals surface area (Å²) in [7, 11) is 0. The lowest BCUT2D eigenvalue weighted by Gasteiger charge is -2.13. The Labute approximate surface area is 102 Å². The van der Waals surface area contributed by atoms with Crippen molar-refractivity contribution in [3.63, 3.8) is 0 Å². The fourth-order valence-electron chi connectivity index (χ4n) is 2.03. The van der Waals surface area contributed by atoms with Gasteiger partial charge in [0.05, 0.1) is 0 Å². The number of aryl methyl sites for hydroxylation is 3. The molecule has 0 atom stereocenters. The van der Waals surface area contributed by atoms with Crippen molar-refractivity contribution < 1.29 is 0 Å². The van der Waals surface area contributed by atoms with Crippen LogP contribution in [0.4, 0.5) is 17.3 Å². The maximum atomic E-state index is 5.66. The molecular weight excluding hydrogens is 210 g/mol. The molecule has 0 aliphatic heterocycles. The summed E-state index contributed by atoms with van der Waals surface area (Å²) >= 11 is 0. The number of rotatable bonds is 2. The molecule has 2 aromatic rings. The van der Waals surface area contributed by atoms with Gasteiger partial charge in [-0.05, 0) is 44.0 Å². The second-order valence-corrected chi connectivity index (χ2v) is 4.35. The first kappa shape index (κ1) is 11.5. The summed E-state index contributed by atoms with van der Waals surface area (Å²) in [5.41, 5.74) is 10.5. The van der Waals surface area contributed by atoms with Gasteiger partial charge in [-0.2, -0.15) is 0 Å². The van der Waals surface area contributed by atoms with Crippen LogP contribution in [0.3, 0.4) is 0 Å². The lowest BCUT2D eigenvalue weighted by Crippen LogP contribution is -2.00. The molecule has 0 bridgehead atoms. The zero-order chi connectivity index (χ0) is 12.4. The Morgan fingerprint density at radius 1 is 1.06 bits per heavy atom. The van der Waals surface area contributed by atoms with Crippen molar-refractivity contribution in [2.24, 2.45) is 0 Å². The van der Waals surface area contributed by atoms with Crippen LogP contribution >= 0.6 is 0 Å². The van der Waals surface area contributed by atoms with Crippen LogP contribution in [-0.4, -0.2) is 4.98 Å². The van der Waals surface area contributed by atoms with Crippen LogP contribution in [0.2, 0.25) is 0 Å². The van der Waals surface area contributed by atoms with Crippen LogP contribution in [0, 0.1) is 20.8 Å². The minimum Gasteiger partial charge on any atom is -0.384 e. The molecule has 0 aliphatic carbocycles. The molecule has 0 amide bonds. The standard InChI is InChI=1S/C14H17N3/c1-9-7-10(2)14(11(3)8-9)17-13-6-4-5-12(15)16-13/h4-8H,1-3H3,(H3,15,16,17). The second kappa shape index (κ2) is 4.45. The summed E-state index contributed by atoms with van der Waals surface area (Å²) in [5.74, 6) is 1.30. The fourth-order valence-corrected chi connectivity index (χ4v) is 2.03. The van der Waals surface area contributed by atoms with Crippen molar-refractivity contribution in [2.75, 3.05) is 11.1 Å². The molecule has 17 heavy (non-hydrogen) atoms. The third-order valence-electron chi connectivity index (χ3n) is 2.70. The van der Waals surface area contributed by atoms with E-state index in [2.05, 4.69) is 43.2 Å². The predicted octanol–water partition coefficient (Wildman–Crippen LogP) is 3.33. The fraction of sp³-hybridized carbons (Fsp3) is 0.214. The number of hydrogen-bond donors (Lipinski definition) is 2. The molecule has 0 unspecified atom stereocenters. The number of benzene rings is 1. The highest BCUT2D eigenvalue weighted by molar-refractivity contribution is 5.65. The van der Waals surface area contributed by atoms with Gasteiger partial charge in [0.1, 0.15) is 11.6 Å². The van der Waals surface area contributed by atoms with Crippen LogP contribution in [0.25, 0.3) is 0 Å². The van der Waals surface area contributed by atoms with E-state index in [-0.39, 0.29) is 0 Å². The quantitative estimate of drug-likeness (QED) is 0.827. The van der Waals surface area contributed by atoms with Crippen LogP contribution in [-0.2, 0) is 0 Å². The average molecular weight is 227 g/mol.